The van der Waals surface area contributed by atoms with Crippen molar-refractivity contribution in [2.24, 2.45) is 0 Å². The molecular formula is C15H20N6O2. The van der Waals surface area contributed by atoms with Gasteiger partial charge in [-0.15, -0.1) is 0 Å². The van der Waals surface area contributed by atoms with E-state index in [9.17, 15) is 4.79 Å². The van der Waals surface area contributed by atoms with Crippen molar-refractivity contribution in [1.82, 2.24) is 24.6 Å². The van der Waals surface area contributed by atoms with Gasteiger partial charge in [0.25, 0.3) is 0 Å². The van der Waals surface area contributed by atoms with E-state index in [1.807, 2.05) is 26.0 Å². The third-order valence-electron chi connectivity index (χ3n) is 3.99. The maximum Gasteiger partial charge on any atom is 0.250 e. The maximum absolute atomic E-state index is 12.9. The predicted octanol–water partition coefficient (Wildman–Crippen LogP) is 0.590. The highest BCUT2D eigenvalue weighted by molar-refractivity contribution is 5.83. The molecule has 0 aliphatic carbocycles. The monoisotopic (exact) mass is 316 g/mol. The molecule has 3 rings (SSSR count). The van der Waals surface area contributed by atoms with Gasteiger partial charge in [0, 0.05) is 6.54 Å². The summed E-state index contributed by atoms with van der Waals surface area (Å²) in [5.74, 6) is 0.415. The van der Waals surface area contributed by atoms with Crippen LogP contribution in [0.1, 0.15) is 25.6 Å². The molecule has 2 aromatic rings. The molecule has 0 radical (unpaired) electrons. The summed E-state index contributed by atoms with van der Waals surface area (Å²) in [5, 5.41) is 4.09. The van der Waals surface area contributed by atoms with Gasteiger partial charge in [-0.2, -0.15) is 5.10 Å². The van der Waals surface area contributed by atoms with Gasteiger partial charge in [0.05, 0.1) is 18.8 Å². The highest BCUT2D eigenvalue weighted by Gasteiger charge is 2.37. The maximum atomic E-state index is 12.9. The second kappa shape index (κ2) is 5.96. The van der Waals surface area contributed by atoms with E-state index in [0.717, 1.165) is 5.69 Å². The normalized spacial score (nSPS) is 18.9. The fourth-order valence-electron chi connectivity index (χ4n) is 2.64. The number of ether oxygens (including phenoxy) is 1. The molecule has 1 aliphatic rings. The summed E-state index contributed by atoms with van der Waals surface area (Å²) in [6.45, 7) is 5.09. The van der Waals surface area contributed by atoms with Crippen molar-refractivity contribution < 1.29 is 9.53 Å². The SMILES string of the molecule is CC(C)(C(=O)N1CCOC(c2cccc(N)n2)C1)n1cncn1. The molecule has 1 saturated heterocycles. The Labute approximate surface area is 134 Å². The van der Waals surface area contributed by atoms with Crippen molar-refractivity contribution in [3.63, 3.8) is 0 Å². The van der Waals surface area contributed by atoms with Crippen LogP contribution in [0.2, 0.25) is 0 Å². The highest BCUT2D eigenvalue weighted by Crippen LogP contribution is 2.25. The van der Waals surface area contributed by atoms with E-state index in [0.29, 0.717) is 25.5 Å². The van der Waals surface area contributed by atoms with E-state index in [2.05, 4.69) is 15.1 Å². The number of nitrogen functional groups attached to an aromatic ring is 1. The number of nitrogens with two attached hydrogens (primary N) is 1. The quantitative estimate of drug-likeness (QED) is 0.890. The van der Waals surface area contributed by atoms with Crippen LogP contribution in [0.25, 0.3) is 0 Å². The van der Waals surface area contributed by atoms with Crippen LogP contribution >= 0.6 is 0 Å². The van der Waals surface area contributed by atoms with Crippen molar-refractivity contribution >= 4 is 11.7 Å². The molecule has 2 aromatic heterocycles. The summed E-state index contributed by atoms with van der Waals surface area (Å²) in [4.78, 5) is 22.9. The molecule has 8 nitrogen and oxygen atoms in total. The van der Waals surface area contributed by atoms with E-state index < -0.39 is 5.54 Å². The van der Waals surface area contributed by atoms with Gasteiger partial charge in [-0.3, -0.25) is 4.79 Å². The van der Waals surface area contributed by atoms with Gasteiger partial charge in [0.15, 0.2) is 0 Å². The lowest BCUT2D eigenvalue weighted by atomic mass is 10.0. The number of rotatable bonds is 3. The van der Waals surface area contributed by atoms with Crippen LogP contribution in [0.5, 0.6) is 0 Å². The molecule has 0 bridgehead atoms. The van der Waals surface area contributed by atoms with Crippen LogP contribution in [-0.2, 0) is 15.1 Å². The molecule has 0 saturated carbocycles. The standard InChI is InChI=1S/C15H20N6O2/c1-15(2,21-10-17-9-18-21)14(22)20-6-7-23-12(8-20)11-4-3-5-13(16)19-11/h3-5,9-10,12H,6-8H2,1-2H3,(H2,16,19). The van der Waals surface area contributed by atoms with E-state index in [-0.39, 0.29) is 12.0 Å². The summed E-state index contributed by atoms with van der Waals surface area (Å²) in [6.07, 6.45) is 2.70. The minimum absolute atomic E-state index is 0.0276. The Balaban J connectivity index is 1.77. The molecule has 1 unspecified atom stereocenters. The molecule has 1 aliphatic heterocycles. The summed E-state index contributed by atoms with van der Waals surface area (Å²) in [6, 6.07) is 5.42. The first-order valence-corrected chi connectivity index (χ1v) is 7.47. The number of hydrogen-bond donors (Lipinski definition) is 1. The van der Waals surface area contributed by atoms with Gasteiger partial charge in [0.1, 0.15) is 30.1 Å². The summed E-state index contributed by atoms with van der Waals surface area (Å²) in [5.41, 5.74) is 5.66. The van der Waals surface area contributed by atoms with E-state index >= 15 is 0 Å². The van der Waals surface area contributed by atoms with Crippen LogP contribution in [0.15, 0.2) is 30.9 Å². The van der Waals surface area contributed by atoms with Crippen molar-refractivity contribution in [2.45, 2.75) is 25.5 Å². The summed E-state index contributed by atoms with van der Waals surface area (Å²) >= 11 is 0. The van der Waals surface area contributed by atoms with E-state index in [4.69, 9.17) is 10.5 Å². The van der Waals surface area contributed by atoms with Gasteiger partial charge in [0.2, 0.25) is 5.91 Å². The van der Waals surface area contributed by atoms with E-state index in [1.54, 1.807) is 22.0 Å². The molecule has 0 spiro atoms. The van der Waals surface area contributed by atoms with Gasteiger partial charge < -0.3 is 15.4 Å². The van der Waals surface area contributed by atoms with Crippen LogP contribution in [-0.4, -0.2) is 50.3 Å². The molecule has 1 atom stereocenters. The van der Waals surface area contributed by atoms with E-state index in [1.165, 1.54) is 6.33 Å². The second-order valence-electron chi connectivity index (χ2n) is 6.00. The first-order valence-electron chi connectivity index (χ1n) is 7.47. The Morgan fingerprint density at radius 3 is 2.96 bits per heavy atom. The predicted molar refractivity (Wildman–Crippen MR) is 83.3 cm³/mol. The average molecular weight is 316 g/mol. The number of carbonyl (C=O) groups excluding carboxylic acids is 1. The lowest BCUT2D eigenvalue weighted by Crippen LogP contribution is -2.51. The van der Waals surface area contributed by atoms with Crippen LogP contribution in [0, 0.1) is 0 Å². The highest BCUT2D eigenvalue weighted by atomic mass is 16.5. The molecule has 1 fully saturated rings. The summed E-state index contributed by atoms with van der Waals surface area (Å²) in [7, 11) is 0. The molecular weight excluding hydrogens is 296 g/mol. The number of nitrogens with zero attached hydrogens (tertiary/aromatic N) is 5. The molecule has 3 heterocycles. The van der Waals surface area contributed by atoms with Gasteiger partial charge >= 0.3 is 0 Å². The van der Waals surface area contributed by atoms with Crippen LogP contribution < -0.4 is 5.73 Å². The average Bonchev–Trinajstić information content (AvgIpc) is 3.09. The molecule has 122 valence electrons. The number of aromatic nitrogens is 4. The zero-order chi connectivity index (χ0) is 16.4. The molecule has 1 amide bonds. The summed E-state index contributed by atoms with van der Waals surface area (Å²) < 4.78 is 7.32. The Morgan fingerprint density at radius 2 is 2.26 bits per heavy atom. The van der Waals surface area contributed by atoms with Gasteiger partial charge in [-0.05, 0) is 26.0 Å². The topological polar surface area (TPSA) is 99.2 Å². The number of pyridine rings is 1. The first-order chi connectivity index (χ1) is 11.0. The lowest BCUT2D eigenvalue weighted by molar-refractivity contribution is -0.147. The zero-order valence-corrected chi connectivity index (χ0v) is 13.2. The minimum atomic E-state index is -0.804. The zero-order valence-electron chi connectivity index (χ0n) is 13.2. The van der Waals surface area contributed by atoms with Crippen molar-refractivity contribution in [3.8, 4) is 0 Å². The Kier molecular flexibility index (Phi) is 3.99. The smallest absolute Gasteiger partial charge is 0.250 e. The molecule has 0 aromatic carbocycles. The molecule has 8 heteroatoms. The number of carbonyl (C=O) groups is 1. The number of hydrogen-bond acceptors (Lipinski definition) is 6. The van der Waals surface area contributed by atoms with Crippen molar-refractivity contribution in [2.75, 3.05) is 25.4 Å². The largest absolute Gasteiger partial charge is 0.384 e. The Morgan fingerprint density at radius 1 is 1.43 bits per heavy atom. The lowest BCUT2D eigenvalue weighted by Gasteiger charge is -2.37. The van der Waals surface area contributed by atoms with Crippen LogP contribution in [0.4, 0.5) is 5.82 Å². The number of anilines is 1. The Bertz CT molecular complexity index is 685. The number of amides is 1. The fraction of sp³-hybridized carbons (Fsp3) is 0.467. The minimum Gasteiger partial charge on any atom is -0.384 e. The van der Waals surface area contributed by atoms with Crippen molar-refractivity contribution in [1.29, 1.82) is 0 Å². The first kappa shape index (κ1) is 15.4. The number of morpholine rings is 1. The third kappa shape index (κ3) is 3.02. The van der Waals surface area contributed by atoms with Gasteiger partial charge in [-0.25, -0.2) is 14.6 Å². The Hall–Kier alpha value is -2.48. The second-order valence-corrected chi connectivity index (χ2v) is 6.00. The molecule has 23 heavy (non-hydrogen) atoms. The third-order valence-corrected chi connectivity index (χ3v) is 3.99. The molecule has 2 N–H and O–H groups in total. The van der Waals surface area contributed by atoms with Crippen molar-refractivity contribution in [3.05, 3.63) is 36.5 Å². The fourth-order valence-corrected chi connectivity index (χ4v) is 2.64. The van der Waals surface area contributed by atoms with Gasteiger partial charge in [-0.1, -0.05) is 6.07 Å². The van der Waals surface area contributed by atoms with Crippen LogP contribution in [0.3, 0.4) is 0 Å².